The molecule has 7 heteroatoms. The number of para-hydroxylation sites is 1. The van der Waals surface area contributed by atoms with Crippen molar-refractivity contribution in [2.24, 2.45) is 0 Å². The number of fused-ring (bicyclic) bond motifs is 1. The van der Waals surface area contributed by atoms with Crippen molar-refractivity contribution >= 4 is 36.4 Å². The zero-order valence-corrected chi connectivity index (χ0v) is 17.1. The van der Waals surface area contributed by atoms with Crippen LogP contribution >= 0.6 is 24.8 Å². The van der Waals surface area contributed by atoms with Crippen LogP contribution in [-0.4, -0.2) is 31.1 Å². The lowest BCUT2D eigenvalue weighted by Gasteiger charge is -2.24. The van der Waals surface area contributed by atoms with E-state index in [9.17, 15) is 4.79 Å². The summed E-state index contributed by atoms with van der Waals surface area (Å²) in [6.07, 6.45) is 4.96. The lowest BCUT2D eigenvalue weighted by molar-refractivity contribution is 0.0921. The monoisotopic (exact) mass is 411 g/mol. The third-order valence-corrected chi connectivity index (χ3v) is 5.31. The summed E-state index contributed by atoms with van der Waals surface area (Å²) >= 11 is 0. The molecule has 1 aromatic heterocycles. The molecule has 1 fully saturated rings. The van der Waals surface area contributed by atoms with Crippen molar-refractivity contribution in [3.05, 3.63) is 53.5 Å². The third kappa shape index (κ3) is 4.60. The maximum Gasteiger partial charge on any atom is 0.287 e. The smallest absolute Gasteiger partial charge is 0.287 e. The Labute approximate surface area is 172 Å². The van der Waals surface area contributed by atoms with Crippen LogP contribution in [0.25, 0.3) is 0 Å². The topological polar surface area (TPSA) is 57.5 Å². The zero-order chi connectivity index (χ0) is 17.2. The summed E-state index contributed by atoms with van der Waals surface area (Å²) in [5, 5.41) is 6.40. The maximum atomic E-state index is 12.5. The molecule has 2 aromatic rings. The predicted molar refractivity (Wildman–Crippen MR) is 112 cm³/mol. The van der Waals surface area contributed by atoms with Gasteiger partial charge in [0, 0.05) is 36.4 Å². The number of anilines is 1. The second kappa shape index (κ2) is 9.49. The molecule has 148 valence electrons. The van der Waals surface area contributed by atoms with E-state index in [4.69, 9.17) is 4.42 Å². The standard InChI is InChI=1S/C20H25N3O2.2ClH/c1-14-11-15-5-2-3-7-18(15)23(14)13-16-8-10-25-19(16)20(24)22-12-17-6-4-9-21-17;;/h2-3,5,7-8,10,14,17,21H,4,6,9,11-13H2,1H3,(H,22,24);2*1H. The van der Waals surface area contributed by atoms with Crippen LogP contribution in [0.5, 0.6) is 0 Å². The van der Waals surface area contributed by atoms with Crippen molar-refractivity contribution in [2.45, 2.75) is 44.8 Å². The summed E-state index contributed by atoms with van der Waals surface area (Å²) in [6, 6.07) is 11.2. The Hall–Kier alpha value is -1.69. The van der Waals surface area contributed by atoms with Gasteiger partial charge in [-0.05, 0) is 50.4 Å². The Bertz CT molecular complexity index is 759. The number of amides is 1. The van der Waals surface area contributed by atoms with Gasteiger partial charge in [0.25, 0.3) is 5.91 Å². The number of hydrogen-bond donors (Lipinski definition) is 2. The number of carbonyl (C=O) groups is 1. The van der Waals surface area contributed by atoms with Gasteiger partial charge in [0.2, 0.25) is 0 Å². The minimum atomic E-state index is -0.117. The van der Waals surface area contributed by atoms with Gasteiger partial charge >= 0.3 is 0 Å². The Kier molecular flexibility index (Phi) is 7.59. The van der Waals surface area contributed by atoms with Crippen molar-refractivity contribution in [2.75, 3.05) is 18.0 Å². The Balaban J connectivity index is 0.00000131. The molecule has 3 heterocycles. The molecule has 2 N–H and O–H groups in total. The molecule has 2 unspecified atom stereocenters. The van der Waals surface area contributed by atoms with E-state index in [1.54, 1.807) is 6.26 Å². The molecule has 0 bridgehead atoms. The summed E-state index contributed by atoms with van der Waals surface area (Å²) in [5.41, 5.74) is 3.58. The highest BCUT2D eigenvalue weighted by Crippen LogP contribution is 2.33. The first-order valence-electron chi connectivity index (χ1n) is 9.15. The second-order valence-corrected chi connectivity index (χ2v) is 7.09. The lowest BCUT2D eigenvalue weighted by atomic mass is 10.1. The predicted octanol–water partition coefficient (Wildman–Crippen LogP) is 3.56. The molecule has 0 aliphatic carbocycles. The number of furan rings is 1. The second-order valence-electron chi connectivity index (χ2n) is 7.09. The summed E-state index contributed by atoms with van der Waals surface area (Å²) in [7, 11) is 0. The molecular formula is C20H27Cl2N3O2. The fraction of sp³-hybridized carbons (Fsp3) is 0.450. The lowest BCUT2D eigenvalue weighted by Crippen LogP contribution is -2.37. The van der Waals surface area contributed by atoms with Crippen molar-refractivity contribution in [1.82, 2.24) is 10.6 Å². The molecule has 1 saturated heterocycles. The normalized spacial score (nSPS) is 20.6. The van der Waals surface area contributed by atoms with Crippen molar-refractivity contribution < 1.29 is 9.21 Å². The Morgan fingerprint density at radius 1 is 1.30 bits per heavy atom. The molecule has 4 rings (SSSR count). The molecule has 2 aliphatic heterocycles. The van der Waals surface area contributed by atoms with Crippen molar-refractivity contribution in [1.29, 1.82) is 0 Å². The molecule has 2 atom stereocenters. The number of nitrogens with one attached hydrogen (secondary N) is 2. The van der Waals surface area contributed by atoms with E-state index in [-0.39, 0.29) is 30.7 Å². The number of halogens is 2. The van der Waals surface area contributed by atoms with Crippen molar-refractivity contribution in [3.8, 4) is 0 Å². The van der Waals surface area contributed by atoms with Gasteiger partial charge in [0.1, 0.15) is 0 Å². The van der Waals surface area contributed by atoms with Gasteiger partial charge in [0.05, 0.1) is 6.26 Å². The van der Waals surface area contributed by atoms with Crippen LogP contribution in [0.1, 0.15) is 41.4 Å². The summed E-state index contributed by atoms with van der Waals surface area (Å²) < 4.78 is 5.52. The number of hydrogen-bond acceptors (Lipinski definition) is 4. The molecular weight excluding hydrogens is 385 g/mol. The van der Waals surface area contributed by atoms with E-state index in [0.29, 0.717) is 30.9 Å². The van der Waals surface area contributed by atoms with Crippen LogP contribution in [0, 0.1) is 0 Å². The van der Waals surface area contributed by atoms with Gasteiger partial charge < -0.3 is 20.0 Å². The van der Waals surface area contributed by atoms with Crippen LogP contribution < -0.4 is 15.5 Å². The first-order valence-corrected chi connectivity index (χ1v) is 9.15. The molecule has 27 heavy (non-hydrogen) atoms. The fourth-order valence-corrected chi connectivity index (χ4v) is 3.94. The molecule has 1 amide bonds. The first-order chi connectivity index (χ1) is 12.2. The van der Waals surface area contributed by atoms with Gasteiger partial charge in [-0.1, -0.05) is 18.2 Å². The molecule has 2 aliphatic rings. The zero-order valence-electron chi connectivity index (χ0n) is 15.4. The average Bonchev–Trinajstić information content (AvgIpc) is 3.34. The quantitative estimate of drug-likeness (QED) is 0.789. The van der Waals surface area contributed by atoms with E-state index < -0.39 is 0 Å². The maximum absolute atomic E-state index is 12.5. The number of rotatable bonds is 5. The van der Waals surface area contributed by atoms with Gasteiger partial charge in [-0.15, -0.1) is 24.8 Å². The van der Waals surface area contributed by atoms with Crippen LogP contribution in [-0.2, 0) is 13.0 Å². The van der Waals surface area contributed by atoms with Crippen LogP contribution in [0.4, 0.5) is 5.69 Å². The summed E-state index contributed by atoms with van der Waals surface area (Å²) in [6.45, 7) is 4.62. The van der Waals surface area contributed by atoms with E-state index in [1.165, 1.54) is 17.7 Å². The Morgan fingerprint density at radius 3 is 2.89 bits per heavy atom. The van der Waals surface area contributed by atoms with Gasteiger partial charge in [-0.25, -0.2) is 0 Å². The Morgan fingerprint density at radius 2 is 2.11 bits per heavy atom. The minimum Gasteiger partial charge on any atom is -0.459 e. The van der Waals surface area contributed by atoms with E-state index in [1.807, 2.05) is 6.07 Å². The minimum absolute atomic E-state index is 0. The van der Waals surface area contributed by atoms with E-state index >= 15 is 0 Å². The highest BCUT2D eigenvalue weighted by Gasteiger charge is 2.27. The highest BCUT2D eigenvalue weighted by atomic mass is 35.5. The number of nitrogens with zero attached hydrogens (tertiary/aromatic N) is 1. The average molecular weight is 412 g/mol. The number of carbonyl (C=O) groups excluding carboxylic acids is 1. The molecule has 0 radical (unpaired) electrons. The SMILES string of the molecule is CC1Cc2ccccc2N1Cc1ccoc1C(=O)NCC1CCCN1.Cl.Cl. The summed E-state index contributed by atoms with van der Waals surface area (Å²) in [4.78, 5) is 14.9. The van der Waals surface area contributed by atoms with Crippen LogP contribution in [0.2, 0.25) is 0 Å². The van der Waals surface area contributed by atoms with Crippen LogP contribution in [0.3, 0.4) is 0 Å². The molecule has 1 aromatic carbocycles. The molecule has 5 nitrogen and oxygen atoms in total. The largest absolute Gasteiger partial charge is 0.459 e. The highest BCUT2D eigenvalue weighted by molar-refractivity contribution is 5.93. The van der Waals surface area contributed by atoms with Gasteiger partial charge in [-0.2, -0.15) is 0 Å². The molecule has 0 spiro atoms. The first kappa shape index (κ1) is 21.6. The van der Waals surface area contributed by atoms with Crippen LogP contribution in [0.15, 0.2) is 41.0 Å². The third-order valence-electron chi connectivity index (χ3n) is 5.31. The summed E-state index contributed by atoms with van der Waals surface area (Å²) in [5.74, 6) is 0.323. The van der Waals surface area contributed by atoms with Gasteiger partial charge in [0.15, 0.2) is 5.76 Å². The van der Waals surface area contributed by atoms with E-state index in [2.05, 4.69) is 46.7 Å². The van der Waals surface area contributed by atoms with Gasteiger partial charge in [-0.3, -0.25) is 4.79 Å². The van der Waals surface area contributed by atoms with Crippen molar-refractivity contribution in [3.63, 3.8) is 0 Å². The van der Waals surface area contributed by atoms with E-state index in [0.717, 1.165) is 24.9 Å². The number of benzene rings is 1. The molecule has 0 saturated carbocycles. The fourth-order valence-electron chi connectivity index (χ4n) is 3.94.